The van der Waals surface area contributed by atoms with Gasteiger partial charge in [0.2, 0.25) is 0 Å². The lowest BCUT2D eigenvalue weighted by Gasteiger charge is -2.46. The number of hydrogen-bond acceptors (Lipinski definition) is 3. The average molecular weight is 223 g/mol. The summed E-state index contributed by atoms with van der Waals surface area (Å²) < 4.78 is 0. The molecule has 3 rings (SSSR count). The number of rotatable bonds is 4. The van der Waals surface area contributed by atoms with E-state index < -0.39 is 0 Å². The summed E-state index contributed by atoms with van der Waals surface area (Å²) in [6.07, 6.45) is 8.33. The Hall–Kier alpha value is -0.120. The van der Waals surface area contributed by atoms with Crippen LogP contribution in [0, 0.1) is 0 Å². The molecule has 0 amide bonds. The zero-order valence-electron chi connectivity index (χ0n) is 10.5. The Labute approximate surface area is 99.0 Å². The molecule has 3 nitrogen and oxygen atoms in total. The van der Waals surface area contributed by atoms with E-state index in [2.05, 4.69) is 16.8 Å². The van der Waals surface area contributed by atoms with Crippen molar-refractivity contribution in [1.29, 1.82) is 0 Å². The van der Waals surface area contributed by atoms with Crippen LogP contribution in [-0.2, 0) is 0 Å². The normalized spacial score (nSPS) is 36.9. The van der Waals surface area contributed by atoms with E-state index >= 15 is 0 Å². The van der Waals surface area contributed by atoms with Crippen LogP contribution in [-0.4, -0.2) is 54.1 Å². The minimum atomic E-state index is 0.299. The lowest BCUT2D eigenvalue weighted by Crippen LogP contribution is -2.59. The summed E-state index contributed by atoms with van der Waals surface area (Å²) in [5.74, 6) is 0. The molecule has 3 aliphatic rings. The van der Waals surface area contributed by atoms with Crippen LogP contribution >= 0.6 is 0 Å². The zero-order valence-corrected chi connectivity index (χ0v) is 10.5. The summed E-state index contributed by atoms with van der Waals surface area (Å²) >= 11 is 0. The van der Waals surface area contributed by atoms with Gasteiger partial charge < -0.3 is 5.73 Å². The predicted octanol–water partition coefficient (Wildman–Crippen LogP) is 1.04. The molecule has 1 heterocycles. The van der Waals surface area contributed by atoms with Crippen LogP contribution in [0.1, 0.15) is 38.5 Å². The van der Waals surface area contributed by atoms with E-state index in [9.17, 15) is 0 Å². The zero-order chi connectivity index (χ0) is 11.2. The molecule has 92 valence electrons. The van der Waals surface area contributed by atoms with Gasteiger partial charge in [0.15, 0.2) is 0 Å². The van der Waals surface area contributed by atoms with Crippen molar-refractivity contribution < 1.29 is 0 Å². The lowest BCUT2D eigenvalue weighted by molar-refractivity contribution is 0.0426. The third kappa shape index (κ3) is 1.69. The van der Waals surface area contributed by atoms with Gasteiger partial charge in [-0.1, -0.05) is 6.42 Å². The fraction of sp³-hybridized carbons (Fsp3) is 1.00. The first-order valence-corrected chi connectivity index (χ1v) is 6.92. The van der Waals surface area contributed by atoms with Gasteiger partial charge in [-0.05, 0) is 39.2 Å². The molecule has 0 aromatic rings. The minimum Gasteiger partial charge on any atom is -0.329 e. The molecule has 0 spiro atoms. The third-order valence-electron chi connectivity index (χ3n) is 5.18. The highest BCUT2D eigenvalue weighted by Gasteiger charge is 2.46. The monoisotopic (exact) mass is 223 g/mol. The van der Waals surface area contributed by atoms with Gasteiger partial charge in [-0.2, -0.15) is 0 Å². The van der Waals surface area contributed by atoms with Crippen LogP contribution in [0.3, 0.4) is 0 Å². The Morgan fingerprint density at radius 2 is 2.06 bits per heavy atom. The first-order chi connectivity index (χ1) is 7.75. The SMILES string of the molecule is CN(C1CCC1)C1(CN)CCN(C2CC2)C1. The maximum atomic E-state index is 6.10. The molecule has 1 aliphatic heterocycles. The first-order valence-electron chi connectivity index (χ1n) is 6.92. The van der Waals surface area contributed by atoms with E-state index in [4.69, 9.17) is 5.73 Å². The van der Waals surface area contributed by atoms with Crippen LogP contribution in [0.15, 0.2) is 0 Å². The summed E-state index contributed by atoms with van der Waals surface area (Å²) in [5.41, 5.74) is 6.40. The smallest absolute Gasteiger partial charge is 0.0470 e. The number of hydrogen-bond donors (Lipinski definition) is 1. The molecule has 1 unspecified atom stereocenters. The van der Waals surface area contributed by atoms with Gasteiger partial charge in [0, 0.05) is 37.3 Å². The Kier molecular flexibility index (Phi) is 2.73. The van der Waals surface area contributed by atoms with E-state index in [-0.39, 0.29) is 0 Å². The first kappa shape index (κ1) is 11.0. The molecule has 2 saturated carbocycles. The number of likely N-dealkylation sites (N-methyl/N-ethyl adjacent to an activating group) is 1. The molecular weight excluding hydrogens is 198 g/mol. The molecule has 1 atom stereocenters. The van der Waals surface area contributed by atoms with Gasteiger partial charge in [0.25, 0.3) is 0 Å². The van der Waals surface area contributed by atoms with Crippen molar-refractivity contribution in [2.75, 3.05) is 26.7 Å². The fourth-order valence-electron chi connectivity index (χ4n) is 3.40. The van der Waals surface area contributed by atoms with E-state index in [0.29, 0.717) is 5.54 Å². The van der Waals surface area contributed by atoms with Crippen molar-refractivity contribution in [3.63, 3.8) is 0 Å². The van der Waals surface area contributed by atoms with Gasteiger partial charge >= 0.3 is 0 Å². The number of nitrogens with zero attached hydrogens (tertiary/aromatic N) is 2. The van der Waals surface area contributed by atoms with E-state index in [1.54, 1.807) is 0 Å². The summed E-state index contributed by atoms with van der Waals surface area (Å²) in [5, 5.41) is 0. The summed E-state index contributed by atoms with van der Waals surface area (Å²) in [6, 6.07) is 1.73. The highest BCUT2D eigenvalue weighted by molar-refractivity contribution is 5.05. The minimum absolute atomic E-state index is 0.299. The van der Waals surface area contributed by atoms with Crippen molar-refractivity contribution >= 4 is 0 Å². The molecule has 2 aliphatic carbocycles. The molecule has 16 heavy (non-hydrogen) atoms. The van der Waals surface area contributed by atoms with Crippen LogP contribution in [0.2, 0.25) is 0 Å². The van der Waals surface area contributed by atoms with Crippen LogP contribution in [0.4, 0.5) is 0 Å². The van der Waals surface area contributed by atoms with Crippen molar-refractivity contribution in [2.24, 2.45) is 5.73 Å². The quantitative estimate of drug-likeness (QED) is 0.773. The standard InChI is InChI=1S/C13H25N3/c1-15(11-3-2-4-11)13(9-14)7-8-16(10-13)12-5-6-12/h11-12H,2-10,14H2,1H3. The molecule has 0 aromatic heterocycles. The maximum Gasteiger partial charge on any atom is 0.0470 e. The topological polar surface area (TPSA) is 32.5 Å². The molecule has 0 aromatic carbocycles. The molecule has 0 bridgehead atoms. The second kappa shape index (κ2) is 3.97. The molecular formula is C13H25N3. The highest BCUT2D eigenvalue weighted by atomic mass is 15.3. The van der Waals surface area contributed by atoms with E-state index in [0.717, 1.165) is 18.6 Å². The van der Waals surface area contributed by atoms with E-state index in [1.165, 1.54) is 51.6 Å². The lowest BCUT2D eigenvalue weighted by atomic mass is 9.86. The summed E-state index contributed by atoms with van der Waals surface area (Å²) in [7, 11) is 2.31. The Bertz CT molecular complexity index is 260. The molecule has 3 fully saturated rings. The van der Waals surface area contributed by atoms with Crippen molar-refractivity contribution in [1.82, 2.24) is 9.80 Å². The Balaban J connectivity index is 1.67. The van der Waals surface area contributed by atoms with Gasteiger partial charge in [0.1, 0.15) is 0 Å². The Morgan fingerprint density at radius 3 is 2.56 bits per heavy atom. The van der Waals surface area contributed by atoms with Crippen LogP contribution in [0.25, 0.3) is 0 Å². The Morgan fingerprint density at radius 1 is 1.31 bits per heavy atom. The summed E-state index contributed by atoms with van der Waals surface area (Å²) in [4.78, 5) is 5.31. The molecule has 3 heteroatoms. The third-order valence-corrected chi connectivity index (χ3v) is 5.18. The fourth-order valence-corrected chi connectivity index (χ4v) is 3.40. The van der Waals surface area contributed by atoms with Gasteiger partial charge in [0.05, 0.1) is 0 Å². The van der Waals surface area contributed by atoms with Crippen molar-refractivity contribution in [2.45, 2.75) is 56.1 Å². The number of nitrogens with two attached hydrogens (primary N) is 1. The van der Waals surface area contributed by atoms with Gasteiger partial charge in [-0.25, -0.2) is 0 Å². The van der Waals surface area contributed by atoms with Crippen LogP contribution in [0.5, 0.6) is 0 Å². The number of likely N-dealkylation sites (tertiary alicyclic amines) is 1. The van der Waals surface area contributed by atoms with Gasteiger partial charge in [-0.3, -0.25) is 9.80 Å². The maximum absolute atomic E-state index is 6.10. The van der Waals surface area contributed by atoms with E-state index in [1.807, 2.05) is 0 Å². The average Bonchev–Trinajstić information content (AvgIpc) is 2.96. The molecule has 2 N–H and O–H groups in total. The van der Waals surface area contributed by atoms with Gasteiger partial charge in [-0.15, -0.1) is 0 Å². The predicted molar refractivity (Wildman–Crippen MR) is 66.4 cm³/mol. The van der Waals surface area contributed by atoms with Crippen molar-refractivity contribution in [3.05, 3.63) is 0 Å². The molecule has 0 radical (unpaired) electrons. The molecule has 1 saturated heterocycles. The summed E-state index contributed by atoms with van der Waals surface area (Å²) in [6.45, 7) is 3.34. The second-order valence-electron chi connectivity index (χ2n) is 6.08. The van der Waals surface area contributed by atoms with Crippen LogP contribution < -0.4 is 5.73 Å². The van der Waals surface area contributed by atoms with Crippen molar-refractivity contribution in [3.8, 4) is 0 Å². The largest absolute Gasteiger partial charge is 0.329 e. The second-order valence-corrected chi connectivity index (χ2v) is 6.08. The highest BCUT2D eigenvalue weighted by Crippen LogP contribution is 2.38.